The molecule has 1 heterocycles. The lowest BCUT2D eigenvalue weighted by Gasteiger charge is -2.09. The van der Waals surface area contributed by atoms with Crippen LogP contribution in [0, 0.1) is 11.6 Å². The zero-order chi connectivity index (χ0) is 15.7. The number of rotatable bonds is 2. The van der Waals surface area contributed by atoms with Crippen molar-refractivity contribution in [2.75, 3.05) is 0 Å². The molecule has 0 saturated heterocycles. The SMILES string of the molecule is NOC(=O)c1ccc2cncc(-c3ccc(F)cc3F)c2c1. The smallest absolute Gasteiger partial charge is 0.356 e. The van der Waals surface area contributed by atoms with Crippen molar-refractivity contribution < 1.29 is 18.4 Å². The van der Waals surface area contributed by atoms with E-state index < -0.39 is 17.6 Å². The summed E-state index contributed by atoms with van der Waals surface area (Å²) in [5, 5.41) is 1.29. The van der Waals surface area contributed by atoms with Gasteiger partial charge in [-0.25, -0.2) is 13.6 Å². The lowest BCUT2D eigenvalue weighted by Crippen LogP contribution is -2.09. The molecule has 3 rings (SSSR count). The van der Waals surface area contributed by atoms with Crippen LogP contribution in [0.15, 0.2) is 48.8 Å². The predicted molar refractivity (Wildman–Crippen MR) is 76.7 cm³/mol. The zero-order valence-electron chi connectivity index (χ0n) is 11.2. The monoisotopic (exact) mass is 300 g/mol. The van der Waals surface area contributed by atoms with Gasteiger partial charge < -0.3 is 4.84 Å². The number of nitrogens with two attached hydrogens (primary N) is 1. The van der Waals surface area contributed by atoms with Crippen LogP contribution >= 0.6 is 0 Å². The fourth-order valence-corrected chi connectivity index (χ4v) is 2.28. The molecule has 110 valence electrons. The summed E-state index contributed by atoms with van der Waals surface area (Å²) in [7, 11) is 0. The summed E-state index contributed by atoms with van der Waals surface area (Å²) >= 11 is 0. The van der Waals surface area contributed by atoms with Gasteiger partial charge in [0.15, 0.2) is 0 Å². The minimum Gasteiger partial charge on any atom is -0.370 e. The number of carbonyl (C=O) groups is 1. The molecular formula is C16H10F2N2O2. The summed E-state index contributed by atoms with van der Waals surface area (Å²) in [6, 6.07) is 8.00. The molecule has 1 aromatic heterocycles. The normalized spacial score (nSPS) is 10.7. The molecule has 0 amide bonds. The summed E-state index contributed by atoms with van der Waals surface area (Å²) in [4.78, 5) is 19.8. The first-order valence-electron chi connectivity index (χ1n) is 6.34. The first-order valence-corrected chi connectivity index (χ1v) is 6.34. The molecule has 0 unspecified atom stereocenters. The molecular weight excluding hydrogens is 290 g/mol. The van der Waals surface area contributed by atoms with E-state index >= 15 is 0 Å². The third-order valence-corrected chi connectivity index (χ3v) is 3.32. The highest BCUT2D eigenvalue weighted by Crippen LogP contribution is 2.30. The van der Waals surface area contributed by atoms with Crippen molar-refractivity contribution in [3.05, 3.63) is 66.0 Å². The second-order valence-corrected chi connectivity index (χ2v) is 4.65. The lowest BCUT2D eigenvalue weighted by molar-refractivity contribution is 0.0503. The zero-order valence-corrected chi connectivity index (χ0v) is 11.2. The number of hydrogen-bond acceptors (Lipinski definition) is 4. The summed E-state index contributed by atoms with van der Waals surface area (Å²) in [6.07, 6.45) is 3.04. The van der Waals surface area contributed by atoms with E-state index in [9.17, 15) is 13.6 Å². The van der Waals surface area contributed by atoms with Crippen LogP contribution in [-0.2, 0) is 4.84 Å². The highest BCUT2D eigenvalue weighted by atomic mass is 19.1. The second kappa shape index (κ2) is 5.50. The Bertz CT molecular complexity index is 881. The number of nitrogens with zero attached hydrogens (tertiary/aromatic N) is 1. The Kier molecular flexibility index (Phi) is 3.52. The number of benzene rings is 2. The van der Waals surface area contributed by atoms with Crippen molar-refractivity contribution in [3.8, 4) is 11.1 Å². The van der Waals surface area contributed by atoms with E-state index in [2.05, 4.69) is 9.82 Å². The summed E-state index contributed by atoms with van der Waals surface area (Å²) < 4.78 is 27.1. The van der Waals surface area contributed by atoms with E-state index in [1.54, 1.807) is 12.3 Å². The van der Waals surface area contributed by atoms with E-state index in [-0.39, 0.29) is 11.1 Å². The maximum atomic E-state index is 14.0. The summed E-state index contributed by atoms with van der Waals surface area (Å²) in [6.45, 7) is 0. The number of aromatic nitrogens is 1. The van der Waals surface area contributed by atoms with Crippen LogP contribution in [0.5, 0.6) is 0 Å². The number of pyridine rings is 1. The van der Waals surface area contributed by atoms with Gasteiger partial charge in [0, 0.05) is 35.0 Å². The molecule has 0 bridgehead atoms. The van der Waals surface area contributed by atoms with Gasteiger partial charge in [-0.05, 0) is 29.7 Å². The molecule has 0 aliphatic rings. The molecule has 0 radical (unpaired) electrons. The average molecular weight is 300 g/mol. The fraction of sp³-hybridized carbons (Fsp3) is 0. The van der Waals surface area contributed by atoms with E-state index in [4.69, 9.17) is 5.90 Å². The number of halogens is 2. The maximum absolute atomic E-state index is 14.0. The highest BCUT2D eigenvalue weighted by Gasteiger charge is 2.13. The third-order valence-electron chi connectivity index (χ3n) is 3.32. The molecule has 0 aliphatic carbocycles. The number of hydrogen-bond donors (Lipinski definition) is 1. The van der Waals surface area contributed by atoms with Crippen molar-refractivity contribution in [1.29, 1.82) is 0 Å². The van der Waals surface area contributed by atoms with Crippen LogP contribution < -0.4 is 5.90 Å². The predicted octanol–water partition coefficient (Wildman–Crippen LogP) is 3.21. The van der Waals surface area contributed by atoms with Crippen LogP contribution in [0.4, 0.5) is 8.78 Å². The first-order chi connectivity index (χ1) is 10.6. The van der Waals surface area contributed by atoms with E-state index in [0.717, 1.165) is 12.1 Å². The van der Waals surface area contributed by atoms with Gasteiger partial charge in [0.05, 0.1) is 5.56 Å². The Balaban J connectivity index is 2.26. The van der Waals surface area contributed by atoms with Gasteiger partial charge in [0.25, 0.3) is 0 Å². The molecule has 2 aromatic carbocycles. The molecule has 3 aromatic rings. The van der Waals surface area contributed by atoms with Gasteiger partial charge in [-0.2, -0.15) is 5.90 Å². The van der Waals surface area contributed by atoms with Crippen LogP contribution in [0.3, 0.4) is 0 Å². The van der Waals surface area contributed by atoms with Gasteiger partial charge in [-0.3, -0.25) is 4.98 Å². The Morgan fingerprint density at radius 1 is 1.05 bits per heavy atom. The first kappa shape index (κ1) is 14.1. The maximum Gasteiger partial charge on any atom is 0.356 e. The molecule has 0 saturated carbocycles. The molecule has 2 N–H and O–H groups in total. The Labute approximate surface area is 124 Å². The van der Waals surface area contributed by atoms with Crippen LogP contribution in [0.25, 0.3) is 21.9 Å². The van der Waals surface area contributed by atoms with Crippen molar-refractivity contribution in [2.45, 2.75) is 0 Å². The van der Waals surface area contributed by atoms with E-state index in [1.165, 1.54) is 24.4 Å². The molecule has 0 atom stereocenters. The Hall–Kier alpha value is -2.86. The molecule has 4 nitrogen and oxygen atoms in total. The standard InChI is InChI=1S/C16H10F2N2O2/c17-11-3-4-12(15(18)6-11)14-8-20-7-10-2-1-9(5-13(10)14)16(21)22-19/h1-8H,19H2. The summed E-state index contributed by atoms with van der Waals surface area (Å²) in [5.41, 5.74) is 0.865. The number of carbonyl (C=O) groups excluding carboxylic acids is 1. The molecule has 0 spiro atoms. The minimum atomic E-state index is -0.707. The van der Waals surface area contributed by atoms with Crippen molar-refractivity contribution in [1.82, 2.24) is 4.98 Å². The van der Waals surface area contributed by atoms with Gasteiger partial charge in [-0.1, -0.05) is 6.07 Å². The van der Waals surface area contributed by atoms with Crippen molar-refractivity contribution >= 4 is 16.7 Å². The van der Waals surface area contributed by atoms with Gasteiger partial charge in [0.2, 0.25) is 0 Å². The molecule has 22 heavy (non-hydrogen) atoms. The van der Waals surface area contributed by atoms with Crippen LogP contribution in [-0.4, -0.2) is 11.0 Å². The van der Waals surface area contributed by atoms with E-state index in [1.807, 2.05) is 0 Å². The Morgan fingerprint density at radius 3 is 2.59 bits per heavy atom. The highest BCUT2D eigenvalue weighted by molar-refractivity contribution is 6.01. The van der Waals surface area contributed by atoms with Crippen LogP contribution in [0.1, 0.15) is 10.4 Å². The molecule has 0 aliphatic heterocycles. The van der Waals surface area contributed by atoms with Crippen LogP contribution in [0.2, 0.25) is 0 Å². The summed E-state index contributed by atoms with van der Waals surface area (Å²) in [5.74, 6) is 2.80. The largest absolute Gasteiger partial charge is 0.370 e. The second-order valence-electron chi connectivity index (χ2n) is 4.65. The van der Waals surface area contributed by atoms with Gasteiger partial charge >= 0.3 is 5.97 Å². The average Bonchev–Trinajstić information content (AvgIpc) is 2.53. The quantitative estimate of drug-likeness (QED) is 0.738. The van der Waals surface area contributed by atoms with Crippen molar-refractivity contribution in [2.24, 2.45) is 5.90 Å². The molecule has 6 heteroatoms. The lowest BCUT2D eigenvalue weighted by atomic mass is 9.99. The van der Waals surface area contributed by atoms with Gasteiger partial charge in [-0.15, -0.1) is 0 Å². The van der Waals surface area contributed by atoms with Gasteiger partial charge in [0.1, 0.15) is 11.6 Å². The van der Waals surface area contributed by atoms with E-state index in [0.29, 0.717) is 16.3 Å². The molecule has 0 fully saturated rings. The minimum absolute atomic E-state index is 0.192. The Morgan fingerprint density at radius 2 is 1.86 bits per heavy atom. The fourth-order valence-electron chi connectivity index (χ4n) is 2.28. The topological polar surface area (TPSA) is 65.2 Å². The number of fused-ring (bicyclic) bond motifs is 1. The third kappa shape index (κ3) is 2.40. The van der Waals surface area contributed by atoms with Crippen molar-refractivity contribution in [3.63, 3.8) is 0 Å².